The molecule has 0 saturated carbocycles. The SMILES string of the molecule is Cc1cc(C(=O)O[Si](C)(C)C(C)(C)C)ccc1OC(=O)C(F)(F)F. The summed E-state index contributed by atoms with van der Waals surface area (Å²) in [4.78, 5) is 23.1. The lowest BCUT2D eigenvalue weighted by molar-refractivity contribution is -0.189. The minimum Gasteiger partial charge on any atom is -0.516 e. The van der Waals surface area contributed by atoms with Crippen molar-refractivity contribution in [3.63, 3.8) is 0 Å². The Labute approximate surface area is 140 Å². The van der Waals surface area contributed by atoms with Crippen LogP contribution in [0.25, 0.3) is 0 Å². The van der Waals surface area contributed by atoms with E-state index in [9.17, 15) is 22.8 Å². The smallest absolute Gasteiger partial charge is 0.491 e. The average molecular weight is 362 g/mol. The first-order chi connectivity index (χ1) is 10.6. The summed E-state index contributed by atoms with van der Waals surface area (Å²) in [6.45, 7) is 11.2. The van der Waals surface area contributed by atoms with Crippen molar-refractivity contribution < 1.29 is 31.9 Å². The molecule has 0 aliphatic carbocycles. The summed E-state index contributed by atoms with van der Waals surface area (Å²) in [5.41, 5.74) is 0.432. The van der Waals surface area contributed by atoms with Crippen LogP contribution in [0.5, 0.6) is 5.75 Å². The Morgan fingerprint density at radius 3 is 2.04 bits per heavy atom. The lowest BCUT2D eigenvalue weighted by atomic mass is 10.1. The molecule has 4 nitrogen and oxygen atoms in total. The van der Waals surface area contributed by atoms with Crippen LogP contribution in [0.15, 0.2) is 18.2 Å². The molecule has 0 amide bonds. The van der Waals surface area contributed by atoms with Crippen LogP contribution in [-0.2, 0) is 9.22 Å². The molecule has 0 aromatic heterocycles. The third kappa shape index (κ3) is 4.83. The van der Waals surface area contributed by atoms with Gasteiger partial charge in [-0.2, -0.15) is 13.2 Å². The first kappa shape index (κ1) is 20.2. The van der Waals surface area contributed by atoms with Crippen molar-refractivity contribution in [2.24, 2.45) is 0 Å². The second-order valence-electron chi connectivity index (χ2n) is 7.02. The fraction of sp³-hybridized carbons (Fsp3) is 0.500. The quantitative estimate of drug-likeness (QED) is 0.447. The van der Waals surface area contributed by atoms with Crippen LogP contribution >= 0.6 is 0 Å². The molecule has 0 spiro atoms. The van der Waals surface area contributed by atoms with Crippen LogP contribution < -0.4 is 4.74 Å². The van der Waals surface area contributed by atoms with Crippen molar-refractivity contribution in [1.29, 1.82) is 0 Å². The van der Waals surface area contributed by atoms with Gasteiger partial charge in [-0.05, 0) is 48.8 Å². The number of carbonyl (C=O) groups excluding carboxylic acids is 2. The molecule has 0 atom stereocenters. The van der Waals surface area contributed by atoms with Gasteiger partial charge in [0, 0.05) is 0 Å². The van der Waals surface area contributed by atoms with Crippen LogP contribution in [0.3, 0.4) is 0 Å². The Balaban J connectivity index is 2.96. The number of esters is 1. The van der Waals surface area contributed by atoms with Gasteiger partial charge >= 0.3 is 18.1 Å². The second-order valence-corrected chi connectivity index (χ2v) is 11.7. The fourth-order valence-corrected chi connectivity index (χ4v) is 2.38. The summed E-state index contributed by atoms with van der Waals surface area (Å²) in [7, 11) is -2.32. The molecule has 0 fully saturated rings. The molecule has 24 heavy (non-hydrogen) atoms. The molecular formula is C16H21F3O4Si. The molecule has 0 heterocycles. The van der Waals surface area contributed by atoms with Gasteiger partial charge in [-0.25, -0.2) is 9.59 Å². The number of alkyl halides is 3. The van der Waals surface area contributed by atoms with E-state index in [1.165, 1.54) is 19.1 Å². The predicted octanol–water partition coefficient (Wildman–Crippen LogP) is 4.62. The molecule has 0 bridgehead atoms. The van der Waals surface area contributed by atoms with Crippen molar-refractivity contribution in [2.75, 3.05) is 0 Å². The summed E-state index contributed by atoms with van der Waals surface area (Å²) in [6.07, 6.45) is -5.08. The predicted molar refractivity (Wildman–Crippen MR) is 85.5 cm³/mol. The van der Waals surface area contributed by atoms with E-state index in [4.69, 9.17) is 4.43 Å². The van der Waals surface area contributed by atoms with Crippen molar-refractivity contribution in [3.05, 3.63) is 29.3 Å². The minimum atomic E-state index is -5.08. The van der Waals surface area contributed by atoms with E-state index in [0.717, 1.165) is 6.07 Å². The Morgan fingerprint density at radius 2 is 1.62 bits per heavy atom. The molecule has 0 saturated heterocycles. The first-order valence-corrected chi connectivity index (χ1v) is 10.2. The van der Waals surface area contributed by atoms with Gasteiger partial charge in [0.05, 0.1) is 5.56 Å². The third-order valence-electron chi connectivity index (χ3n) is 4.00. The number of hydrogen-bond donors (Lipinski definition) is 0. The molecule has 0 aliphatic rings. The maximum atomic E-state index is 12.3. The monoisotopic (exact) mass is 362 g/mol. The molecule has 8 heteroatoms. The van der Waals surface area contributed by atoms with Crippen LogP contribution in [0, 0.1) is 6.92 Å². The summed E-state index contributed by atoms with van der Waals surface area (Å²) in [5, 5.41) is -0.167. The Morgan fingerprint density at radius 1 is 1.08 bits per heavy atom. The van der Waals surface area contributed by atoms with Crippen molar-refractivity contribution in [1.82, 2.24) is 0 Å². The number of aryl methyl sites for hydroxylation is 1. The van der Waals surface area contributed by atoms with Crippen LogP contribution in [0.2, 0.25) is 18.1 Å². The molecular weight excluding hydrogens is 341 g/mol. The highest BCUT2D eigenvalue weighted by molar-refractivity contribution is 6.75. The van der Waals surface area contributed by atoms with E-state index in [1.807, 2.05) is 33.9 Å². The van der Waals surface area contributed by atoms with E-state index in [-0.39, 0.29) is 21.9 Å². The highest BCUT2D eigenvalue weighted by Crippen LogP contribution is 2.37. The number of halogens is 3. The van der Waals surface area contributed by atoms with Gasteiger partial charge in [0.1, 0.15) is 5.75 Å². The molecule has 1 aromatic carbocycles. The lowest BCUT2D eigenvalue weighted by Crippen LogP contribution is -2.42. The topological polar surface area (TPSA) is 52.6 Å². The highest BCUT2D eigenvalue weighted by Gasteiger charge is 2.42. The van der Waals surface area contributed by atoms with Crippen LogP contribution in [-0.4, -0.2) is 26.4 Å². The first-order valence-electron chi connectivity index (χ1n) is 7.28. The van der Waals surface area contributed by atoms with Gasteiger partial charge in [-0.3, -0.25) is 0 Å². The Bertz CT molecular complexity index is 646. The van der Waals surface area contributed by atoms with E-state index < -0.39 is 26.4 Å². The number of benzene rings is 1. The third-order valence-corrected chi connectivity index (χ3v) is 8.31. The van der Waals surface area contributed by atoms with Gasteiger partial charge in [0.25, 0.3) is 8.32 Å². The summed E-state index contributed by atoms with van der Waals surface area (Å²) in [5.74, 6) is -3.10. The van der Waals surface area contributed by atoms with E-state index >= 15 is 0 Å². The molecule has 1 rings (SSSR count). The number of hydrogen-bond acceptors (Lipinski definition) is 4. The zero-order chi connectivity index (χ0) is 18.9. The zero-order valence-electron chi connectivity index (χ0n) is 14.5. The Kier molecular flexibility index (Phi) is 5.54. The van der Waals surface area contributed by atoms with Gasteiger partial charge in [-0.1, -0.05) is 20.8 Å². The highest BCUT2D eigenvalue weighted by atomic mass is 28.4. The fourth-order valence-electron chi connectivity index (χ4n) is 1.49. The van der Waals surface area contributed by atoms with Crippen molar-refractivity contribution in [3.8, 4) is 5.75 Å². The van der Waals surface area contributed by atoms with E-state index in [1.54, 1.807) is 0 Å². The number of ether oxygens (including phenoxy) is 1. The van der Waals surface area contributed by atoms with Crippen molar-refractivity contribution in [2.45, 2.75) is 52.0 Å². The van der Waals surface area contributed by atoms with Crippen LogP contribution in [0.4, 0.5) is 13.2 Å². The number of carbonyl (C=O) groups is 2. The largest absolute Gasteiger partial charge is 0.516 e. The summed E-state index contributed by atoms with van der Waals surface area (Å²) >= 11 is 0. The lowest BCUT2D eigenvalue weighted by Gasteiger charge is -2.35. The molecule has 0 radical (unpaired) electrons. The average Bonchev–Trinajstić information content (AvgIpc) is 2.37. The molecule has 0 aliphatic heterocycles. The summed E-state index contributed by atoms with van der Waals surface area (Å²) in [6, 6.07) is 3.77. The zero-order valence-corrected chi connectivity index (χ0v) is 15.5. The minimum absolute atomic E-state index is 0.167. The van der Waals surface area contributed by atoms with Gasteiger partial charge in [0.2, 0.25) is 0 Å². The summed E-state index contributed by atoms with van der Waals surface area (Å²) < 4.78 is 46.6. The standard InChI is InChI=1S/C16H21F3O4Si/c1-10-9-11(13(20)23-24(5,6)15(2,3)4)7-8-12(10)22-14(21)16(17,18)19/h7-9H,1-6H3. The second kappa shape index (κ2) is 6.58. The molecule has 0 N–H and O–H groups in total. The van der Waals surface area contributed by atoms with Gasteiger partial charge < -0.3 is 9.16 Å². The molecule has 134 valence electrons. The van der Waals surface area contributed by atoms with E-state index in [0.29, 0.717) is 0 Å². The maximum absolute atomic E-state index is 12.3. The number of rotatable bonds is 3. The maximum Gasteiger partial charge on any atom is 0.491 e. The Hall–Kier alpha value is -1.83. The normalized spacial score (nSPS) is 12.7. The van der Waals surface area contributed by atoms with E-state index in [2.05, 4.69) is 4.74 Å². The van der Waals surface area contributed by atoms with Gasteiger partial charge in [-0.15, -0.1) is 0 Å². The molecule has 0 unspecified atom stereocenters. The van der Waals surface area contributed by atoms with Crippen LogP contribution in [0.1, 0.15) is 36.7 Å². The molecule has 1 aromatic rings. The van der Waals surface area contributed by atoms with Crippen molar-refractivity contribution >= 4 is 20.3 Å². The van der Waals surface area contributed by atoms with Gasteiger partial charge in [0.15, 0.2) is 0 Å².